The second-order valence-electron chi connectivity index (χ2n) is 4.05. The zero-order valence-electron chi connectivity index (χ0n) is 11.4. The average molecular weight is 285 g/mol. The Balaban J connectivity index is 2.19. The number of nitrogens with one attached hydrogen (secondary N) is 1. The van der Waals surface area contributed by atoms with E-state index in [1.165, 1.54) is 6.21 Å². The number of carbonyl (C=O) groups excluding carboxylic acids is 1. The van der Waals surface area contributed by atoms with Crippen LogP contribution in [0.25, 0.3) is 0 Å². The molecule has 0 spiro atoms. The van der Waals surface area contributed by atoms with Gasteiger partial charge in [0.25, 0.3) is 0 Å². The topological polar surface area (TPSA) is 85.9 Å². The van der Waals surface area contributed by atoms with Crippen molar-refractivity contribution in [3.05, 3.63) is 54.1 Å². The minimum absolute atomic E-state index is 0.598. The normalized spacial score (nSPS) is 10.3. The number of carbonyl (C=O) groups is 1. The van der Waals surface area contributed by atoms with Crippen molar-refractivity contribution in [3.8, 4) is 17.2 Å². The summed E-state index contributed by atoms with van der Waals surface area (Å²) in [6.07, 6.45) is 1.46. The lowest BCUT2D eigenvalue weighted by Crippen LogP contribution is -2.24. The Kier molecular flexibility index (Phi) is 4.76. The molecule has 0 saturated heterocycles. The number of hydrogen-bond acceptors (Lipinski definition) is 4. The first kappa shape index (κ1) is 14.4. The molecule has 0 radical (unpaired) electrons. The standard InChI is InChI=1S/C15H15N3O3/c1-20-12-6-4-7-13(9-12)21-14-8-3-2-5-11(14)10-17-18-15(16)19/h2-10H,1H3,(H3,16,18,19). The van der Waals surface area contributed by atoms with Gasteiger partial charge < -0.3 is 15.2 Å². The molecule has 6 heteroatoms. The molecule has 0 aromatic heterocycles. The van der Waals surface area contributed by atoms with Crippen LogP contribution in [0.1, 0.15) is 5.56 Å². The van der Waals surface area contributed by atoms with Gasteiger partial charge in [0, 0.05) is 11.6 Å². The number of nitrogens with zero attached hydrogens (tertiary/aromatic N) is 1. The van der Waals surface area contributed by atoms with Crippen molar-refractivity contribution in [1.82, 2.24) is 5.43 Å². The third kappa shape index (κ3) is 4.24. The van der Waals surface area contributed by atoms with Gasteiger partial charge in [0.1, 0.15) is 17.2 Å². The van der Waals surface area contributed by atoms with Crippen molar-refractivity contribution in [1.29, 1.82) is 0 Å². The molecule has 3 N–H and O–H groups in total. The van der Waals surface area contributed by atoms with Crippen molar-refractivity contribution in [3.63, 3.8) is 0 Å². The third-order valence-corrected chi connectivity index (χ3v) is 2.57. The number of nitrogens with two attached hydrogens (primary N) is 1. The Morgan fingerprint density at radius 2 is 1.95 bits per heavy atom. The maximum absolute atomic E-state index is 10.6. The van der Waals surface area contributed by atoms with E-state index in [-0.39, 0.29) is 0 Å². The minimum Gasteiger partial charge on any atom is -0.497 e. The van der Waals surface area contributed by atoms with E-state index in [1.807, 2.05) is 36.4 Å². The van der Waals surface area contributed by atoms with Gasteiger partial charge in [-0.15, -0.1) is 0 Å². The van der Waals surface area contributed by atoms with Gasteiger partial charge in [-0.05, 0) is 24.3 Å². The Morgan fingerprint density at radius 3 is 2.71 bits per heavy atom. The molecule has 2 aromatic rings. The summed E-state index contributed by atoms with van der Waals surface area (Å²) in [5, 5.41) is 3.72. The monoisotopic (exact) mass is 285 g/mol. The lowest BCUT2D eigenvalue weighted by atomic mass is 10.2. The highest BCUT2D eigenvalue weighted by molar-refractivity contribution is 5.84. The lowest BCUT2D eigenvalue weighted by molar-refractivity contribution is 0.249. The smallest absolute Gasteiger partial charge is 0.332 e. The Labute approximate surface area is 122 Å². The van der Waals surface area contributed by atoms with Gasteiger partial charge in [-0.1, -0.05) is 18.2 Å². The highest BCUT2D eigenvalue weighted by Gasteiger charge is 2.03. The first-order chi connectivity index (χ1) is 10.2. The largest absolute Gasteiger partial charge is 0.497 e. The van der Waals surface area contributed by atoms with Crippen LogP contribution >= 0.6 is 0 Å². The van der Waals surface area contributed by atoms with Gasteiger partial charge in [-0.3, -0.25) is 0 Å². The first-order valence-electron chi connectivity index (χ1n) is 6.18. The second-order valence-corrected chi connectivity index (χ2v) is 4.05. The fourth-order valence-corrected chi connectivity index (χ4v) is 1.64. The highest BCUT2D eigenvalue weighted by Crippen LogP contribution is 2.26. The molecular formula is C15H15N3O3. The van der Waals surface area contributed by atoms with E-state index >= 15 is 0 Å². The van der Waals surface area contributed by atoms with Crippen molar-refractivity contribution >= 4 is 12.2 Å². The Morgan fingerprint density at radius 1 is 1.19 bits per heavy atom. The first-order valence-corrected chi connectivity index (χ1v) is 6.18. The van der Waals surface area contributed by atoms with E-state index in [0.717, 1.165) is 0 Å². The van der Waals surface area contributed by atoms with E-state index in [1.54, 1.807) is 19.2 Å². The van der Waals surface area contributed by atoms with Gasteiger partial charge in [-0.25, -0.2) is 10.2 Å². The molecule has 0 aliphatic heterocycles. The summed E-state index contributed by atoms with van der Waals surface area (Å²) in [5.74, 6) is 1.94. The summed E-state index contributed by atoms with van der Waals surface area (Å²) in [7, 11) is 1.59. The van der Waals surface area contributed by atoms with Crippen molar-refractivity contribution in [2.75, 3.05) is 7.11 Å². The fraction of sp³-hybridized carbons (Fsp3) is 0.0667. The second kappa shape index (κ2) is 6.95. The Hall–Kier alpha value is -3.02. The molecule has 0 aliphatic carbocycles. The predicted molar refractivity (Wildman–Crippen MR) is 79.8 cm³/mol. The minimum atomic E-state index is -0.725. The molecule has 21 heavy (non-hydrogen) atoms. The van der Waals surface area contributed by atoms with Crippen LogP contribution in [0.5, 0.6) is 17.2 Å². The van der Waals surface area contributed by atoms with Gasteiger partial charge in [-0.2, -0.15) is 5.10 Å². The van der Waals surface area contributed by atoms with Crippen molar-refractivity contribution in [2.24, 2.45) is 10.8 Å². The van der Waals surface area contributed by atoms with Crippen LogP contribution in [0, 0.1) is 0 Å². The summed E-state index contributed by atoms with van der Waals surface area (Å²) in [6.45, 7) is 0. The third-order valence-electron chi connectivity index (χ3n) is 2.57. The summed E-state index contributed by atoms with van der Waals surface area (Å²) in [4.78, 5) is 10.6. The number of methoxy groups -OCH3 is 1. The molecule has 0 fully saturated rings. The van der Waals surface area contributed by atoms with Gasteiger partial charge >= 0.3 is 6.03 Å². The molecule has 2 rings (SSSR count). The molecule has 2 aromatic carbocycles. The van der Waals surface area contributed by atoms with E-state index in [0.29, 0.717) is 22.8 Å². The van der Waals surface area contributed by atoms with Crippen LogP contribution in [0.15, 0.2) is 53.6 Å². The zero-order valence-corrected chi connectivity index (χ0v) is 11.4. The number of para-hydroxylation sites is 1. The Bertz CT molecular complexity index is 656. The summed E-state index contributed by atoms with van der Waals surface area (Å²) >= 11 is 0. The van der Waals surface area contributed by atoms with E-state index < -0.39 is 6.03 Å². The molecule has 0 bridgehead atoms. The number of hydrazone groups is 1. The predicted octanol–water partition coefficient (Wildman–Crippen LogP) is 2.49. The molecule has 0 atom stereocenters. The number of rotatable bonds is 5. The van der Waals surface area contributed by atoms with Crippen LogP contribution in [0.2, 0.25) is 0 Å². The molecule has 0 unspecified atom stereocenters. The molecule has 108 valence electrons. The molecule has 0 aliphatic rings. The maximum atomic E-state index is 10.6. The quantitative estimate of drug-likeness (QED) is 0.653. The number of hydrogen-bond donors (Lipinski definition) is 2. The summed E-state index contributed by atoms with van der Waals surface area (Å²) < 4.78 is 10.9. The number of primary amides is 1. The highest BCUT2D eigenvalue weighted by atomic mass is 16.5. The van der Waals surface area contributed by atoms with Crippen LogP contribution < -0.4 is 20.6 Å². The summed E-state index contributed by atoms with van der Waals surface area (Å²) in [6, 6.07) is 13.8. The number of ether oxygens (including phenoxy) is 2. The average Bonchev–Trinajstić information content (AvgIpc) is 2.49. The van der Waals surface area contributed by atoms with Crippen molar-refractivity contribution < 1.29 is 14.3 Å². The van der Waals surface area contributed by atoms with Gasteiger partial charge in [0.2, 0.25) is 0 Å². The molecular weight excluding hydrogens is 270 g/mol. The lowest BCUT2D eigenvalue weighted by Gasteiger charge is -2.09. The van der Waals surface area contributed by atoms with Crippen LogP contribution in [-0.4, -0.2) is 19.4 Å². The zero-order chi connectivity index (χ0) is 15.1. The maximum Gasteiger partial charge on any atom is 0.332 e. The number of amides is 2. The molecule has 0 saturated carbocycles. The number of urea groups is 1. The number of benzene rings is 2. The van der Waals surface area contributed by atoms with E-state index in [4.69, 9.17) is 15.2 Å². The van der Waals surface area contributed by atoms with E-state index in [2.05, 4.69) is 10.5 Å². The van der Waals surface area contributed by atoms with Gasteiger partial charge in [0.05, 0.1) is 13.3 Å². The molecule has 0 heterocycles. The van der Waals surface area contributed by atoms with Gasteiger partial charge in [0.15, 0.2) is 0 Å². The molecule has 2 amide bonds. The van der Waals surface area contributed by atoms with Crippen LogP contribution in [0.4, 0.5) is 4.79 Å². The van der Waals surface area contributed by atoms with Crippen molar-refractivity contribution in [2.45, 2.75) is 0 Å². The van der Waals surface area contributed by atoms with E-state index in [9.17, 15) is 4.79 Å². The van der Waals surface area contributed by atoms with Crippen LogP contribution in [0.3, 0.4) is 0 Å². The SMILES string of the molecule is COc1cccc(Oc2ccccc2C=NNC(N)=O)c1. The van der Waals surface area contributed by atoms with Crippen LogP contribution in [-0.2, 0) is 0 Å². The molecule has 6 nitrogen and oxygen atoms in total. The fourth-order valence-electron chi connectivity index (χ4n) is 1.64. The summed E-state index contributed by atoms with van der Waals surface area (Å²) in [5.41, 5.74) is 7.78.